The lowest BCUT2D eigenvalue weighted by molar-refractivity contribution is -0.134. The summed E-state index contributed by atoms with van der Waals surface area (Å²) in [4.78, 5) is 134. The van der Waals surface area contributed by atoms with E-state index in [4.69, 9.17) is 37.9 Å². The summed E-state index contributed by atoms with van der Waals surface area (Å²) in [6.07, 6.45) is 7.95. The van der Waals surface area contributed by atoms with Crippen LogP contribution in [0.5, 0.6) is 23.3 Å². The number of hydrogen-bond acceptors (Lipinski definition) is 21. The van der Waals surface area contributed by atoms with Crippen LogP contribution in [-0.2, 0) is 97.5 Å². The second-order valence-corrected chi connectivity index (χ2v) is 30.6. The molecule has 0 radical (unpaired) electrons. The molecule has 26 heteroatoms. The summed E-state index contributed by atoms with van der Waals surface area (Å²) in [7, 11) is 7.47. The van der Waals surface area contributed by atoms with E-state index in [0.717, 1.165) is 46.2 Å². The number of methoxy groups -OCH3 is 5. The maximum Gasteiger partial charge on any atom is 0.337 e. The van der Waals surface area contributed by atoms with Crippen LogP contribution in [0.2, 0.25) is 0 Å². The van der Waals surface area contributed by atoms with Gasteiger partial charge in [0.05, 0.1) is 92.2 Å². The Kier molecular flexibility index (Phi) is 31.9. The van der Waals surface area contributed by atoms with E-state index < -0.39 is 82.2 Å². The van der Waals surface area contributed by atoms with Gasteiger partial charge in [-0.1, -0.05) is 141 Å². The molecular formula is C92H105FN8O17. The number of morpholine rings is 1. The standard InChI is InChI=1S/C33H41FN2O6.C30H32N2O6.C29H32N4O5/c1-23(17-27(34)21-36-13-15-41-16-14-36)30(37)20-26(18-25-9-11-28(40-3)12-10-25)32(39)35-29(31(38)33(2)22-42-33)19-24-7-5-4-6-8-24;1-30(19-38-30)27(33)26(16-20-7-5-4-6-8-20)32-28(34)23(15-21-9-11-25(36-2)12-10-21)18-24-17-22(13-14-31-24)29(35)37-3;1-29(14-15-29)25(34)23(17-19-7-5-4-6-8-19)31-27(36)24(18-20-9-11-21(37-2)12-10-20)32-26(35)22-13-16-30-28(33-22)38-3/h4-12,17,23,26,29H,13-16,18-22H2,1-3H3,(H,35,39);4-14,17,23,26H,15-16,18-19H2,1-3H3,(H,32,34);4-13,16,23-24H,14-15,17-18H2,1-3H3,(H,31,36)(H,32,35)/b27-17-;;/t23-,26-,29+,33+;23-,26+,30-;23-,24-/m100/s1. The molecule has 8 aromatic rings. The smallest absolute Gasteiger partial charge is 0.337 e. The molecule has 4 N–H and O–H groups in total. The maximum atomic E-state index is 14.8. The van der Waals surface area contributed by atoms with Gasteiger partial charge >= 0.3 is 12.0 Å². The van der Waals surface area contributed by atoms with Crippen molar-refractivity contribution in [1.29, 1.82) is 0 Å². The molecule has 2 aromatic heterocycles. The second kappa shape index (κ2) is 42.4. The molecule has 25 nitrogen and oxygen atoms in total. The van der Waals surface area contributed by atoms with Crippen molar-refractivity contribution in [2.75, 3.05) is 81.6 Å². The fraction of sp³-hybridized carbons (Fsp3) is 0.391. The van der Waals surface area contributed by atoms with E-state index in [1.54, 1.807) is 78.5 Å². The third-order valence-corrected chi connectivity index (χ3v) is 21.4. The predicted molar refractivity (Wildman–Crippen MR) is 439 cm³/mol. The molecule has 3 saturated heterocycles. The number of nitrogens with zero attached hydrogens (tertiary/aromatic N) is 4. The van der Waals surface area contributed by atoms with Gasteiger partial charge in [0.15, 0.2) is 17.3 Å². The Morgan fingerprint density at radius 1 is 0.492 bits per heavy atom. The average molecular weight is 1610 g/mol. The number of halogens is 1. The number of nitrogens with one attached hydrogen (secondary N) is 4. The van der Waals surface area contributed by atoms with E-state index in [1.165, 1.54) is 38.8 Å². The van der Waals surface area contributed by atoms with Gasteiger partial charge in [-0.25, -0.2) is 14.2 Å². The zero-order valence-electron chi connectivity index (χ0n) is 68.2. The highest BCUT2D eigenvalue weighted by molar-refractivity contribution is 6.00. The van der Waals surface area contributed by atoms with E-state index in [-0.39, 0.29) is 78.8 Å². The van der Waals surface area contributed by atoms with Gasteiger partial charge < -0.3 is 59.2 Å². The number of amides is 4. The van der Waals surface area contributed by atoms with Gasteiger partial charge in [-0.05, 0) is 153 Å². The highest BCUT2D eigenvalue weighted by atomic mass is 19.1. The van der Waals surface area contributed by atoms with Crippen LogP contribution < -0.4 is 40.2 Å². The van der Waals surface area contributed by atoms with Crippen molar-refractivity contribution >= 4 is 52.7 Å². The molecule has 0 bridgehead atoms. The highest BCUT2D eigenvalue weighted by Gasteiger charge is 2.52. The van der Waals surface area contributed by atoms with Crippen molar-refractivity contribution in [3.05, 3.63) is 257 Å². The topological polar surface area (TPSA) is 324 Å². The molecule has 4 amide bonds. The summed E-state index contributed by atoms with van der Waals surface area (Å²) in [6, 6.07) is 52.1. The first-order valence-electron chi connectivity index (χ1n) is 39.5. The summed E-state index contributed by atoms with van der Waals surface area (Å²) >= 11 is 0. The van der Waals surface area contributed by atoms with Crippen molar-refractivity contribution in [3.63, 3.8) is 0 Å². The second-order valence-electron chi connectivity index (χ2n) is 30.6. The molecule has 9 atom stereocenters. The number of Topliss-reactive ketones (excluding diaryl/α,β-unsaturated/α-hetero) is 4. The number of carbonyl (C=O) groups excluding carboxylic acids is 9. The molecule has 1 aliphatic carbocycles. The van der Waals surface area contributed by atoms with Crippen LogP contribution >= 0.6 is 0 Å². The van der Waals surface area contributed by atoms with Gasteiger partial charge in [0, 0.05) is 73.6 Å². The number of allylic oxidation sites excluding steroid dienone is 1. The van der Waals surface area contributed by atoms with Crippen LogP contribution in [0.4, 0.5) is 4.39 Å². The summed E-state index contributed by atoms with van der Waals surface area (Å²) in [5.41, 5.74) is 4.12. The van der Waals surface area contributed by atoms with Crippen molar-refractivity contribution < 1.29 is 85.4 Å². The molecule has 0 unspecified atom stereocenters. The van der Waals surface area contributed by atoms with Crippen LogP contribution in [0.15, 0.2) is 206 Å². The fourth-order valence-electron chi connectivity index (χ4n) is 13.6. The Bertz CT molecular complexity index is 4730. The van der Waals surface area contributed by atoms with E-state index in [2.05, 4.69) is 36.2 Å². The van der Waals surface area contributed by atoms with Crippen LogP contribution in [-0.4, -0.2) is 190 Å². The lowest BCUT2D eigenvalue weighted by Gasteiger charge is -2.26. The number of esters is 1. The molecule has 3 aliphatic heterocycles. The van der Waals surface area contributed by atoms with Gasteiger partial charge in [0.1, 0.15) is 51.8 Å². The van der Waals surface area contributed by atoms with Crippen LogP contribution in [0, 0.1) is 23.2 Å². The first-order chi connectivity index (χ1) is 56.8. The maximum absolute atomic E-state index is 14.8. The molecule has 118 heavy (non-hydrogen) atoms. The monoisotopic (exact) mass is 1610 g/mol. The normalized spacial score (nSPS) is 18.1. The lowest BCUT2D eigenvalue weighted by atomic mass is 9.88. The Morgan fingerprint density at radius 3 is 1.36 bits per heavy atom. The van der Waals surface area contributed by atoms with Crippen molar-refractivity contribution in [2.24, 2.45) is 23.2 Å². The van der Waals surface area contributed by atoms with Gasteiger partial charge in [-0.3, -0.25) is 48.2 Å². The van der Waals surface area contributed by atoms with Crippen LogP contribution in [0.1, 0.15) is 107 Å². The minimum Gasteiger partial charge on any atom is -0.497 e. The van der Waals surface area contributed by atoms with Crippen molar-refractivity contribution in [2.45, 2.75) is 127 Å². The molecule has 622 valence electrons. The summed E-state index contributed by atoms with van der Waals surface area (Å²) < 4.78 is 56.5. The third-order valence-electron chi connectivity index (χ3n) is 21.4. The van der Waals surface area contributed by atoms with Crippen LogP contribution in [0.3, 0.4) is 0 Å². The van der Waals surface area contributed by atoms with E-state index >= 15 is 0 Å². The predicted octanol–water partition coefficient (Wildman–Crippen LogP) is 10.0. The number of ether oxygens (including phenoxy) is 8. The Balaban J connectivity index is 0.000000187. The Hall–Kier alpha value is -11.7. The molecule has 1 saturated carbocycles. The highest BCUT2D eigenvalue weighted by Crippen LogP contribution is 2.47. The number of epoxide rings is 2. The zero-order chi connectivity index (χ0) is 84.4. The van der Waals surface area contributed by atoms with Gasteiger partial charge in [0.2, 0.25) is 17.7 Å². The number of benzene rings is 6. The summed E-state index contributed by atoms with van der Waals surface area (Å²) in [5.74, 6) is -3.07. The molecule has 4 fully saturated rings. The Labute approximate surface area is 687 Å². The lowest BCUT2D eigenvalue weighted by Crippen LogP contribution is -2.54. The average Bonchev–Trinajstić information content (AvgIpc) is 1.64. The summed E-state index contributed by atoms with van der Waals surface area (Å²) in [5, 5.41) is 11.7. The van der Waals surface area contributed by atoms with E-state index in [1.807, 2.05) is 151 Å². The van der Waals surface area contributed by atoms with Crippen molar-refractivity contribution in [1.82, 2.24) is 41.1 Å². The summed E-state index contributed by atoms with van der Waals surface area (Å²) in [6.45, 7) is 10.2. The molecule has 0 spiro atoms. The number of pyridine rings is 1. The molecule has 4 aliphatic rings. The SMILES string of the molecule is COC(=O)c1ccnc(C[C@H](Cc2ccc(OC)cc2)C(=O)N[C@H](Cc2ccccc2)C(=O)[C@]2(C)CO2)c1.COc1ccc(C[C@H](CC(=O)[C@H](C)/C=C(\F)CN2CCOCC2)C(=O)N[C@@H](Cc2ccccc2)C(=O)[C@]2(C)CO2)cc1.COc1ccc(C[C@H](NC(=O)c2ccnc(OC)n2)C(=O)N[C@@H](Cc2ccccc2)C(=O)C2(C)CC2)cc1. The van der Waals surface area contributed by atoms with E-state index in [0.29, 0.717) is 93.7 Å². The van der Waals surface area contributed by atoms with Crippen LogP contribution in [0.25, 0.3) is 0 Å². The third kappa shape index (κ3) is 26.4. The van der Waals surface area contributed by atoms with Gasteiger partial charge in [0.25, 0.3) is 5.91 Å². The number of aromatic nitrogens is 3. The number of carbonyl (C=O) groups is 9. The zero-order valence-corrected chi connectivity index (χ0v) is 68.2. The first kappa shape index (κ1) is 88.7. The Morgan fingerprint density at radius 2 is 0.915 bits per heavy atom. The molecule has 12 rings (SSSR count). The first-order valence-corrected chi connectivity index (χ1v) is 39.5. The molecule has 6 aromatic carbocycles. The molecule has 5 heterocycles. The number of ketones is 4. The minimum absolute atomic E-state index is 0.00441. The number of hydrogen-bond donors (Lipinski definition) is 4. The quantitative estimate of drug-likeness (QED) is 0.0205. The van der Waals surface area contributed by atoms with E-state index in [9.17, 15) is 47.5 Å². The van der Waals surface area contributed by atoms with Gasteiger partial charge in [-0.15, -0.1) is 0 Å². The van der Waals surface area contributed by atoms with Gasteiger partial charge in [-0.2, -0.15) is 4.98 Å². The largest absolute Gasteiger partial charge is 0.497 e. The molecular weight excluding hydrogens is 1510 g/mol. The fourth-order valence-corrected chi connectivity index (χ4v) is 13.6. The minimum atomic E-state index is -0.963. The van der Waals surface area contributed by atoms with Crippen molar-refractivity contribution in [3.8, 4) is 23.3 Å². The number of rotatable bonds is 39.